The second-order valence-corrected chi connectivity index (χ2v) is 6.80. The van der Waals surface area contributed by atoms with Gasteiger partial charge in [0.1, 0.15) is 5.75 Å². The van der Waals surface area contributed by atoms with E-state index in [0.717, 1.165) is 10.5 Å². The summed E-state index contributed by atoms with van der Waals surface area (Å²) in [7, 11) is -1.11. The molecule has 4 nitrogen and oxygen atoms in total. The lowest BCUT2D eigenvalue weighted by molar-refractivity contribution is -0.127. The van der Waals surface area contributed by atoms with Crippen molar-refractivity contribution in [2.24, 2.45) is 0 Å². The van der Waals surface area contributed by atoms with Gasteiger partial charge in [-0.05, 0) is 43.7 Å². The maximum Gasteiger partial charge on any atom is 0.260 e. The zero-order chi connectivity index (χ0) is 16.7. The Kier molecular flexibility index (Phi) is 6.35. The Morgan fingerprint density at radius 2 is 1.91 bits per heavy atom. The van der Waals surface area contributed by atoms with Crippen LogP contribution in [0.15, 0.2) is 59.5 Å². The molecule has 2 aromatic rings. The SMILES string of the molecule is Cc1cccc(O[C@@H](C)C(=O)NCC[S@@](=O)c2ccccc2)c1. The summed E-state index contributed by atoms with van der Waals surface area (Å²) < 4.78 is 17.7. The minimum Gasteiger partial charge on any atom is -0.481 e. The van der Waals surface area contributed by atoms with Gasteiger partial charge in [-0.15, -0.1) is 0 Å². The number of aryl methyl sites for hydroxylation is 1. The lowest BCUT2D eigenvalue weighted by Gasteiger charge is -2.15. The molecule has 2 rings (SSSR count). The van der Waals surface area contributed by atoms with Crippen LogP contribution in [0, 0.1) is 6.92 Å². The first-order chi connectivity index (χ1) is 11.1. The maximum absolute atomic E-state index is 12.1. The minimum atomic E-state index is -1.11. The number of hydrogen-bond acceptors (Lipinski definition) is 3. The lowest BCUT2D eigenvalue weighted by atomic mass is 10.2. The third-order valence-electron chi connectivity index (χ3n) is 3.26. The Morgan fingerprint density at radius 3 is 2.61 bits per heavy atom. The molecule has 0 saturated heterocycles. The van der Waals surface area contributed by atoms with E-state index in [1.54, 1.807) is 6.92 Å². The molecular formula is C18H21NO3S. The predicted octanol–water partition coefficient (Wildman–Crippen LogP) is 2.69. The summed E-state index contributed by atoms with van der Waals surface area (Å²) in [6.07, 6.45) is -0.595. The summed E-state index contributed by atoms with van der Waals surface area (Å²) >= 11 is 0. The molecule has 0 bridgehead atoms. The van der Waals surface area contributed by atoms with Crippen molar-refractivity contribution in [1.82, 2.24) is 5.32 Å². The summed E-state index contributed by atoms with van der Waals surface area (Å²) in [6, 6.07) is 16.8. The Bertz CT molecular complexity index is 673. The highest BCUT2D eigenvalue weighted by molar-refractivity contribution is 7.85. The van der Waals surface area contributed by atoms with Crippen LogP contribution in [-0.2, 0) is 15.6 Å². The number of nitrogens with one attached hydrogen (secondary N) is 1. The number of benzene rings is 2. The number of amides is 1. The molecule has 122 valence electrons. The van der Waals surface area contributed by atoms with E-state index in [1.165, 1.54) is 0 Å². The van der Waals surface area contributed by atoms with E-state index in [2.05, 4.69) is 5.32 Å². The fraction of sp³-hybridized carbons (Fsp3) is 0.278. The van der Waals surface area contributed by atoms with Crippen molar-refractivity contribution >= 4 is 16.7 Å². The van der Waals surface area contributed by atoms with E-state index in [9.17, 15) is 9.00 Å². The fourth-order valence-corrected chi connectivity index (χ4v) is 3.03. The van der Waals surface area contributed by atoms with E-state index in [-0.39, 0.29) is 5.91 Å². The third kappa shape index (κ3) is 5.53. The zero-order valence-electron chi connectivity index (χ0n) is 13.3. The number of carbonyl (C=O) groups is 1. The van der Waals surface area contributed by atoms with Crippen molar-refractivity contribution in [3.05, 3.63) is 60.2 Å². The highest BCUT2D eigenvalue weighted by atomic mass is 32.2. The smallest absolute Gasteiger partial charge is 0.260 e. The molecule has 0 fully saturated rings. The second-order valence-electron chi connectivity index (χ2n) is 5.23. The van der Waals surface area contributed by atoms with Crippen LogP contribution in [0.4, 0.5) is 0 Å². The summed E-state index contributed by atoms with van der Waals surface area (Å²) in [6.45, 7) is 4.02. The van der Waals surface area contributed by atoms with Gasteiger partial charge in [0, 0.05) is 17.2 Å². The summed E-state index contributed by atoms with van der Waals surface area (Å²) in [5.41, 5.74) is 1.08. The molecular weight excluding hydrogens is 310 g/mol. The highest BCUT2D eigenvalue weighted by Crippen LogP contribution is 2.14. The fourth-order valence-electron chi connectivity index (χ4n) is 2.05. The van der Waals surface area contributed by atoms with Crippen molar-refractivity contribution < 1.29 is 13.7 Å². The Labute approximate surface area is 139 Å². The van der Waals surface area contributed by atoms with Gasteiger partial charge in [-0.25, -0.2) is 0 Å². The van der Waals surface area contributed by atoms with Gasteiger partial charge >= 0.3 is 0 Å². The van der Waals surface area contributed by atoms with Crippen LogP contribution in [0.1, 0.15) is 12.5 Å². The van der Waals surface area contributed by atoms with Gasteiger partial charge in [-0.3, -0.25) is 9.00 Å². The van der Waals surface area contributed by atoms with Crippen LogP contribution in [-0.4, -0.2) is 28.5 Å². The highest BCUT2D eigenvalue weighted by Gasteiger charge is 2.14. The molecule has 0 unspecified atom stereocenters. The Balaban J connectivity index is 1.77. The molecule has 0 aromatic heterocycles. The van der Waals surface area contributed by atoms with E-state index in [1.807, 2.05) is 61.5 Å². The predicted molar refractivity (Wildman–Crippen MR) is 92.0 cm³/mol. The standard InChI is InChI=1S/C18H21NO3S/c1-14-7-6-8-16(13-14)22-15(2)18(20)19-11-12-23(21)17-9-4-3-5-10-17/h3-10,13,15H,11-12H2,1-2H3,(H,19,20)/t15-,23+/m0/s1. The van der Waals surface area contributed by atoms with Gasteiger partial charge < -0.3 is 10.1 Å². The number of ether oxygens (including phenoxy) is 1. The molecule has 1 amide bonds. The quantitative estimate of drug-likeness (QED) is 0.849. The molecule has 0 radical (unpaired) electrons. The van der Waals surface area contributed by atoms with E-state index < -0.39 is 16.9 Å². The monoisotopic (exact) mass is 331 g/mol. The van der Waals surface area contributed by atoms with Crippen LogP contribution in [0.5, 0.6) is 5.75 Å². The zero-order valence-corrected chi connectivity index (χ0v) is 14.1. The molecule has 0 spiro atoms. The van der Waals surface area contributed by atoms with Crippen molar-refractivity contribution in [2.45, 2.75) is 24.8 Å². The summed E-state index contributed by atoms with van der Waals surface area (Å²) in [5.74, 6) is 0.837. The largest absolute Gasteiger partial charge is 0.481 e. The molecule has 0 aliphatic heterocycles. The van der Waals surface area contributed by atoms with E-state index in [4.69, 9.17) is 4.74 Å². The van der Waals surface area contributed by atoms with Crippen LogP contribution in [0.3, 0.4) is 0 Å². The molecule has 5 heteroatoms. The molecule has 0 aliphatic rings. The number of hydrogen-bond donors (Lipinski definition) is 1. The van der Waals surface area contributed by atoms with E-state index in [0.29, 0.717) is 18.0 Å². The average molecular weight is 331 g/mol. The van der Waals surface area contributed by atoms with Crippen molar-refractivity contribution in [2.75, 3.05) is 12.3 Å². The first kappa shape index (κ1) is 17.2. The van der Waals surface area contributed by atoms with Gasteiger partial charge in [0.25, 0.3) is 5.91 Å². The van der Waals surface area contributed by atoms with Gasteiger partial charge in [0.15, 0.2) is 6.10 Å². The van der Waals surface area contributed by atoms with Crippen molar-refractivity contribution in [3.63, 3.8) is 0 Å². The number of rotatable bonds is 7. The van der Waals surface area contributed by atoms with Crippen molar-refractivity contribution in [1.29, 1.82) is 0 Å². The summed E-state index contributed by atoms with van der Waals surface area (Å²) in [5, 5.41) is 2.76. The first-order valence-corrected chi connectivity index (χ1v) is 8.82. The third-order valence-corrected chi connectivity index (χ3v) is 4.64. The topological polar surface area (TPSA) is 55.4 Å². The lowest BCUT2D eigenvalue weighted by Crippen LogP contribution is -2.38. The second kappa shape index (κ2) is 8.48. The molecule has 1 N–H and O–H groups in total. The molecule has 2 atom stereocenters. The van der Waals surface area contributed by atoms with Crippen LogP contribution < -0.4 is 10.1 Å². The minimum absolute atomic E-state index is 0.212. The van der Waals surface area contributed by atoms with E-state index >= 15 is 0 Å². The first-order valence-electron chi connectivity index (χ1n) is 7.51. The van der Waals surface area contributed by atoms with Crippen LogP contribution in [0.2, 0.25) is 0 Å². The van der Waals surface area contributed by atoms with Crippen molar-refractivity contribution in [3.8, 4) is 5.75 Å². The summed E-state index contributed by atoms with van der Waals surface area (Å²) in [4.78, 5) is 12.8. The Morgan fingerprint density at radius 1 is 1.17 bits per heavy atom. The van der Waals surface area contributed by atoms with Gasteiger partial charge in [-0.2, -0.15) is 0 Å². The van der Waals surface area contributed by atoms with Gasteiger partial charge in [-0.1, -0.05) is 30.3 Å². The Hall–Kier alpha value is -2.14. The van der Waals surface area contributed by atoms with Gasteiger partial charge in [0.2, 0.25) is 0 Å². The maximum atomic E-state index is 12.1. The number of carbonyl (C=O) groups excluding carboxylic acids is 1. The average Bonchev–Trinajstić information content (AvgIpc) is 2.55. The van der Waals surface area contributed by atoms with Gasteiger partial charge in [0.05, 0.1) is 10.8 Å². The van der Waals surface area contributed by atoms with Crippen LogP contribution in [0.25, 0.3) is 0 Å². The molecule has 0 aliphatic carbocycles. The molecule has 0 heterocycles. The normalized spacial score (nSPS) is 13.1. The molecule has 23 heavy (non-hydrogen) atoms. The molecule has 0 saturated carbocycles. The van der Waals surface area contributed by atoms with Crippen LogP contribution >= 0.6 is 0 Å². The molecule has 2 aromatic carbocycles.